The average Bonchev–Trinajstić information content (AvgIpc) is 2.87. The molecule has 0 bridgehead atoms. The minimum Gasteiger partial charge on any atom is -0.478 e. The number of rotatable bonds is 2. The number of imidazole rings is 2. The third-order valence-corrected chi connectivity index (χ3v) is 2.50. The van der Waals surface area contributed by atoms with E-state index in [1.807, 2.05) is 0 Å². The van der Waals surface area contributed by atoms with E-state index in [-0.39, 0.29) is 5.56 Å². The van der Waals surface area contributed by atoms with Crippen LogP contribution in [0, 0.1) is 0 Å². The van der Waals surface area contributed by atoms with Gasteiger partial charge in [0, 0.05) is 31.8 Å². The molecular formula is C10H9N5O2. The summed E-state index contributed by atoms with van der Waals surface area (Å²) in [5, 5.41) is 13.2. The zero-order valence-corrected chi connectivity index (χ0v) is 8.95. The monoisotopic (exact) mass is 231 g/mol. The first kappa shape index (κ1) is 9.64. The first-order chi connectivity index (χ1) is 8.15. The quantitative estimate of drug-likeness (QED) is 0.681. The van der Waals surface area contributed by atoms with E-state index in [9.17, 15) is 4.79 Å². The van der Waals surface area contributed by atoms with Crippen molar-refractivity contribution in [2.45, 2.75) is 0 Å². The largest absolute Gasteiger partial charge is 0.478 e. The molecule has 0 amide bonds. The van der Waals surface area contributed by atoms with Gasteiger partial charge in [0.25, 0.3) is 0 Å². The number of hydrogen-bond acceptors (Lipinski definition) is 3. The van der Waals surface area contributed by atoms with Crippen LogP contribution >= 0.6 is 0 Å². The Hall–Kier alpha value is -2.57. The number of carboxylic acid groups (broad SMARTS) is 1. The molecule has 3 aromatic rings. The lowest BCUT2D eigenvalue weighted by molar-refractivity contribution is 0.0697. The highest BCUT2D eigenvalue weighted by atomic mass is 16.4. The second-order valence-corrected chi connectivity index (χ2v) is 3.70. The van der Waals surface area contributed by atoms with Gasteiger partial charge < -0.3 is 10.1 Å². The summed E-state index contributed by atoms with van der Waals surface area (Å²) in [5.41, 5.74) is 1.20. The first-order valence-corrected chi connectivity index (χ1v) is 4.94. The number of nitrogens with zero attached hydrogens (tertiary/aromatic N) is 4. The van der Waals surface area contributed by atoms with Crippen molar-refractivity contribution >= 4 is 11.7 Å². The van der Waals surface area contributed by atoms with Crippen LogP contribution in [0.5, 0.6) is 0 Å². The molecule has 0 saturated heterocycles. The minimum atomic E-state index is -1.000. The Morgan fingerprint density at radius 2 is 2.29 bits per heavy atom. The molecule has 3 heterocycles. The van der Waals surface area contributed by atoms with Gasteiger partial charge in [0.15, 0.2) is 0 Å². The highest BCUT2D eigenvalue weighted by molar-refractivity contribution is 5.94. The number of aryl methyl sites for hydroxylation is 1. The Morgan fingerprint density at radius 3 is 3.00 bits per heavy atom. The number of aromatic carboxylic acids is 1. The van der Waals surface area contributed by atoms with Gasteiger partial charge in [-0.3, -0.25) is 9.08 Å². The Balaban J connectivity index is 2.21. The van der Waals surface area contributed by atoms with Gasteiger partial charge >= 0.3 is 5.97 Å². The van der Waals surface area contributed by atoms with Crippen molar-refractivity contribution < 1.29 is 9.90 Å². The molecule has 2 N–H and O–H groups in total. The SMILES string of the molecule is Cn1cc(C(=O)O)c(-c2cn3ccnc3[nH]2)n1. The van der Waals surface area contributed by atoms with Crippen molar-refractivity contribution in [2.24, 2.45) is 7.05 Å². The molecule has 17 heavy (non-hydrogen) atoms. The lowest BCUT2D eigenvalue weighted by Gasteiger charge is -1.92. The number of aromatic nitrogens is 5. The van der Waals surface area contributed by atoms with Crippen LogP contribution in [0.3, 0.4) is 0 Å². The second kappa shape index (κ2) is 3.21. The van der Waals surface area contributed by atoms with Crippen molar-refractivity contribution in [2.75, 3.05) is 0 Å². The number of aromatic amines is 1. The number of H-pyrrole nitrogens is 1. The Kier molecular flexibility index (Phi) is 1.82. The highest BCUT2D eigenvalue weighted by Gasteiger charge is 2.17. The molecule has 0 atom stereocenters. The van der Waals surface area contributed by atoms with Crippen LogP contribution in [0.2, 0.25) is 0 Å². The van der Waals surface area contributed by atoms with Gasteiger partial charge in [-0.05, 0) is 0 Å². The topological polar surface area (TPSA) is 88.2 Å². The third-order valence-electron chi connectivity index (χ3n) is 2.50. The molecule has 0 fully saturated rings. The van der Waals surface area contributed by atoms with Crippen LogP contribution in [0.15, 0.2) is 24.8 Å². The summed E-state index contributed by atoms with van der Waals surface area (Å²) >= 11 is 0. The summed E-state index contributed by atoms with van der Waals surface area (Å²) in [6, 6.07) is 0. The van der Waals surface area contributed by atoms with Gasteiger partial charge in [-0.2, -0.15) is 5.10 Å². The molecule has 0 aromatic carbocycles. The molecular weight excluding hydrogens is 222 g/mol. The number of carbonyl (C=O) groups is 1. The van der Waals surface area contributed by atoms with Crippen molar-refractivity contribution in [3.05, 3.63) is 30.4 Å². The zero-order valence-electron chi connectivity index (χ0n) is 8.95. The fourth-order valence-electron chi connectivity index (χ4n) is 1.77. The highest BCUT2D eigenvalue weighted by Crippen LogP contribution is 2.21. The minimum absolute atomic E-state index is 0.164. The Bertz CT molecular complexity index is 677. The summed E-state index contributed by atoms with van der Waals surface area (Å²) < 4.78 is 3.25. The maximum Gasteiger partial charge on any atom is 0.339 e. The summed E-state index contributed by atoms with van der Waals surface area (Å²) in [7, 11) is 1.68. The standard InChI is InChI=1S/C10H9N5O2/c1-14-4-6(9(16)17)8(13-14)7-5-15-3-2-11-10(15)12-7/h2-5H,1H3,(H,11,12)(H,16,17). The van der Waals surface area contributed by atoms with Crippen LogP contribution in [-0.4, -0.2) is 35.2 Å². The van der Waals surface area contributed by atoms with Gasteiger partial charge in [-0.25, -0.2) is 9.78 Å². The fraction of sp³-hybridized carbons (Fsp3) is 0.100. The van der Waals surface area contributed by atoms with E-state index in [1.54, 1.807) is 30.0 Å². The van der Waals surface area contributed by atoms with Crippen molar-refractivity contribution in [1.29, 1.82) is 0 Å². The smallest absolute Gasteiger partial charge is 0.339 e. The number of nitrogens with one attached hydrogen (secondary N) is 1. The van der Waals surface area contributed by atoms with Crippen LogP contribution in [0.1, 0.15) is 10.4 Å². The van der Waals surface area contributed by atoms with Crippen molar-refractivity contribution in [3.63, 3.8) is 0 Å². The molecule has 0 saturated carbocycles. The maximum atomic E-state index is 11.1. The first-order valence-electron chi connectivity index (χ1n) is 4.94. The lowest BCUT2D eigenvalue weighted by atomic mass is 10.2. The molecule has 3 rings (SSSR count). The maximum absolute atomic E-state index is 11.1. The van der Waals surface area contributed by atoms with Crippen LogP contribution in [0.4, 0.5) is 0 Å². The van der Waals surface area contributed by atoms with E-state index in [1.165, 1.54) is 10.9 Å². The zero-order chi connectivity index (χ0) is 12.0. The molecule has 86 valence electrons. The number of hydrogen-bond donors (Lipinski definition) is 2. The molecule has 0 aliphatic rings. The van der Waals surface area contributed by atoms with Gasteiger partial charge in [-0.15, -0.1) is 0 Å². The molecule has 7 heteroatoms. The second-order valence-electron chi connectivity index (χ2n) is 3.70. The molecule has 0 aliphatic heterocycles. The molecule has 7 nitrogen and oxygen atoms in total. The normalized spacial score (nSPS) is 11.1. The molecule has 0 spiro atoms. The van der Waals surface area contributed by atoms with Gasteiger partial charge in [-0.1, -0.05) is 0 Å². The molecule has 0 radical (unpaired) electrons. The molecule has 3 aromatic heterocycles. The number of fused-ring (bicyclic) bond motifs is 1. The predicted octanol–water partition coefficient (Wildman–Crippen LogP) is 0.761. The summed E-state index contributed by atoms with van der Waals surface area (Å²) in [4.78, 5) is 18.2. The Morgan fingerprint density at radius 1 is 1.47 bits per heavy atom. The summed E-state index contributed by atoms with van der Waals surface area (Å²) in [6.07, 6.45) is 6.67. The molecule has 0 aliphatic carbocycles. The summed E-state index contributed by atoms with van der Waals surface area (Å²) in [6.45, 7) is 0. The lowest BCUT2D eigenvalue weighted by Crippen LogP contribution is -1.96. The average molecular weight is 231 g/mol. The van der Waals surface area contributed by atoms with Crippen molar-refractivity contribution in [3.8, 4) is 11.4 Å². The van der Waals surface area contributed by atoms with E-state index in [0.29, 0.717) is 17.2 Å². The van der Waals surface area contributed by atoms with Gasteiger partial charge in [0.2, 0.25) is 5.78 Å². The van der Waals surface area contributed by atoms with E-state index in [4.69, 9.17) is 5.11 Å². The molecule has 0 unspecified atom stereocenters. The van der Waals surface area contributed by atoms with E-state index in [2.05, 4.69) is 15.1 Å². The predicted molar refractivity (Wildman–Crippen MR) is 58.7 cm³/mol. The van der Waals surface area contributed by atoms with E-state index >= 15 is 0 Å². The van der Waals surface area contributed by atoms with Crippen LogP contribution in [-0.2, 0) is 7.05 Å². The summed E-state index contributed by atoms with van der Waals surface area (Å²) in [5.74, 6) is -0.345. The van der Waals surface area contributed by atoms with Crippen molar-refractivity contribution in [1.82, 2.24) is 24.1 Å². The van der Waals surface area contributed by atoms with Crippen LogP contribution < -0.4 is 0 Å². The van der Waals surface area contributed by atoms with E-state index in [0.717, 1.165) is 0 Å². The number of carboxylic acids is 1. The third kappa shape index (κ3) is 1.40. The van der Waals surface area contributed by atoms with E-state index < -0.39 is 5.97 Å². The fourth-order valence-corrected chi connectivity index (χ4v) is 1.77. The Labute approximate surface area is 95.3 Å². The van der Waals surface area contributed by atoms with Gasteiger partial charge in [0.1, 0.15) is 11.3 Å². The van der Waals surface area contributed by atoms with Crippen LogP contribution in [0.25, 0.3) is 17.2 Å². The van der Waals surface area contributed by atoms with Gasteiger partial charge in [0.05, 0.1) is 5.69 Å².